The maximum atomic E-state index is 12.8. The molecule has 12 heteroatoms. The van der Waals surface area contributed by atoms with Gasteiger partial charge in [0.05, 0.1) is 29.2 Å². The van der Waals surface area contributed by atoms with Crippen LogP contribution in [0.2, 0.25) is 0 Å². The molecule has 0 aliphatic rings. The molecule has 0 saturated carbocycles. The van der Waals surface area contributed by atoms with E-state index in [1.807, 2.05) is 0 Å². The number of amides is 1. The maximum Gasteiger partial charge on any atom is 0.516 e. The van der Waals surface area contributed by atoms with Gasteiger partial charge in [-0.15, -0.1) is 0 Å². The van der Waals surface area contributed by atoms with Crippen molar-refractivity contribution in [1.82, 2.24) is 19.7 Å². The molecule has 4 aromatic rings. The summed E-state index contributed by atoms with van der Waals surface area (Å²) in [6, 6.07) is 9.28. The summed E-state index contributed by atoms with van der Waals surface area (Å²) in [4.78, 5) is 56.7. The summed E-state index contributed by atoms with van der Waals surface area (Å²) in [5.41, 5.74) is 1.42. The summed E-state index contributed by atoms with van der Waals surface area (Å²) in [6.07, 6.45) is 4.28. The minimum absolute atomic E-state index is 0.00734. The first-order chi connectivity index (χ1) is 17.7. The Morgan fingerprint density at radius 1 is 1.03 bits per heavy atom. The zero-order valence-electron chi connectivity index (χ0n) is 20.0. The molecule has 1 aromatic carbocycles. The fraction of sp³-hybridized carbons (Fsp3) is 0.160. The van der Waals surface area contributed by atoms with Crippen LogP contribution in [0, 0.1) is 0 Å². The fourth-order valence-electron chi connectivity index (χ4n) is 3.15. The lowest BCUT2D eigenvalue weighted by molar-refractivity contribution is 0.0283. The number of carbonyl (C=O) groups excluding carboxylic acids is 4. The van der Waals surface area contributed by atoms with Crippen LogP contribution in [0.1, 0.15) is 52.1 Å². The van der Waals surface area contributed by atoms with Gasteiger partial charge in [0.2, 0.25) is 5.89 Å². The van der Waals surface area contributed by atoms with E-state index in [4.69, 9.17) is 9.15 Å². The number of ether oxygens (including phenoxy) is 2. The third kappa shape index (κ3) is 5.93. The number of hydrogen-bond donors (Lipinski definition) is 1. The van der Waals surface area contributed by atoms with Gasteiger partial charge in [0.15, 0.2) is 17.2 Å². The van der Waals surface area contributed by atoms with E-state index in [-0.39, 0.29) is 34.3 Å². The molecule has 0 bridgehead atoms. The van der Waals surface area contributed by atoms with Crippen molar-refractivity contribution < 1.29 is 33.1 Å². The lowest BCUT2D eigenvalue weighted by Gasteiger charge is -2.07. The first-order valence-corrected chi connectivity index (χ1v) is 11.0. The van der Waals surface area contributed by atoms with Gasteiger partial charge in [-0.3, -0.25) is 14.6 Å². The molecule has 37 heavy (non-hydrogen) atoms. The van der Waals surface area contributed by atoms with Crippen molar-refractivity contribution >= 4 is 29.5 Å². The number of aromatic nitrogens is 4. The van der Waals surface area contributed by atoms with Gasteiger partial charge in [0.25, 0.3) is 5.91 Å². The number of oxazole rings is 1. The normalized spacial score (nSPS) is 10.7. The summed E-state index contributed by atoms with van der Waals surface area (Å²) in [7, 11) is 0. The summed E-state index contributed by atoms with van der Waals surface area (Å²) in [5.74, 6) is -1.62. The lowest BCUT2D eigenvalue weighted by Crippen LogP contribution is -2.17. The van der Waals surface area contributed by atoms with Gasteiger partial charge in [-0.1, -0.05) is 0 Å². The molecule has 188 valence electrons. The lowest BCUT2D eigenvalue weighted by atomic mass is 10.2. The highest BCUT2D eigenvalue weighted by Gasteiger charge is 2.20. The van der Waals surface area contributed by atoms with Crippen LogP contribution in [-0.4, -0.2) is 49.7 Å². The Morgan fingerprint density at radius 2 is 1.73 bits per heavy atom. The third-order valence-corrected chi connectivity index (χ3v) is 4.84. The molecular weight excluding hydrogens is 482 g/mol. The molecule has 1 amide bonds. The summed E-state index contributed by atoms with van der Waals surface area (Å²) >= 11 is 0. The predicted octanol–water partition coefficient (Wildman–Crippen LogP) is 4.08. The number of Topliss-reactive ketones (excluding diaryl/α,β-unsaturated/α-hetero) is 1. The van der Waals surface area contributed by atoms with E-state index >= 15 is 0 Å². The average Bonchev–Trinajstić information content (AvgIpc) is 3.52. The number of hydrogen-bond acceptors (Lipinski definition) is 10. The second-order valence-corrected chi connectivity index (χ2v) is 7.97. The van der Waals surface area contributed by atoms with Crippen molar-refractivity contribution in [3.63, 3.8) is 0 Å². The van der Waals surface area contributed by atoms with E-state index in [1.54, 1.807) is 38.4 Å². The van der Waals surface area contributed by atoms with Gasteiger partial charge in [0, 0.05) is 24.9 Å². The molecule has 0 aliphatic heterocycles. The molecule has 0 atom stereocenters. The fourth-order valence-corrected chi connectivity index (χ4v) is 3.15. The van der Waals surface area contributed by atoms with Crippen LogP contribution in [0.5, 0.6) is 0 Å². The van der Waals surface area contributed by atoms with Crippen molar-refractivity contribution in [3.05, 3.63) is 78.2 Å². The van der Waals surface area contributed by atoms with Gasteiger partial charge in [-0.05, 0) is 50.2 Å². The minimum Gasteiger partial charge on any atom is -0.444 e. The third-order valence-electron chi connectivity index (χ3n) is 4.84. The average molecular weight is 503 g/mol. The van der Waals surface area contributed by atoms with Gasteiger partial charge < -0.3 is 19.2 Å². The van der Waals surface area contributed by atoms with Crippen LogP contribution in [0.15, 0.2) is 65.7 Å². The number of pyridine rings is 1. The van der Waals surface area contributed by atoms with Crippen molar-refractivity contribution in [3.8, 4) is 17.1 Å². The molecule has 0 fully saturated rings. The van der Waals surface area contributed by atoms with Crippen molar-refractivity contribution in [2.75, 3.05) is 5.32 Å². The topological polar surface area (TPSA) is 156 Å². The smallest absolute Gasteiger partial charge is 0.444 e. The molecule has 0 spiro atoms. The number of nitrogens with one attached hydrogen (secondary N) is 1. The largest absolute Gasteiger partial charge is 0.516 e. The first-order valence-electron chi connectivity index (χ1n) is 11.0. The van der Waals surface area contributed by atoms with E-state index < -0.39 is 24.1 Å². The van der Waals surface area contributed by atoms with E-state index in [0.29, 0.717) is 11.3 Å². The standard InChI is InChI=1S/C25H21N5O7/c1-14(2)36-25(34)37-24(33)17-4-6-18(7-5-17)30-12-19(21(29-30)15(3)31)27-22(32)20-13-35-23(28-20)16-8-10-26-11-9-16/h4-14H,1-3H3,(H,27,32). The van der Waals surface area contributed by atoms with Gasteiger partial charge in [-0.2, -0.15) is 5.10 Å². The number of ketones is 1. The number of esters is 1. The second-order valence-electron chi connectivity index (χ2n) is 7.97. The Morgan fingerprint density at radius 3 is 2.38 bits per heavy atom. The zero-order chi connectivity index (χ0) is 26.5. The molecule has 0 aliphatic carbocycles. The van der Waals surface area contributed by atoms with E-state index in [1.165, 1.54) is 48.3 Å². The molecule has 0 saturated heterocycles. The second kappa shape index (κ2) is 10.6. The van der Waals surface area contributed by atoms with Crippen LogP contribution in [0.4, 0.5) is 10.5 Å². The number of anilines is 1. The van der Waals surface area contributed by atoms with Crippen LogP contribution in [-0.2, 0) is 9.47 Å². The van der Waals surface area contributed by atoms with E-state index in [0.717, 1.165) is 0 Å². The number of carbonyl (C=O) groups is 4. The monoisotopic (exact) mass is 503 g/mol. The molecule has 1 N–H and O–H groups in total. The maximum absolute atomic E-state index is 12.8. The highest BCUT2D eigenvalue weighted by Crippen LogP contribution is 2.21. The van der Waals surface area contributed by atoms with Gasteiger partial charge in [0.1, 0.15) is 6.26 Å². The molecule has 0 unspecified atom stereocenters. The quantitative estimate of drug-likeness (QED) is 0.221. The number of nitrogens with zero attached hydrogens (tertiary/aromatic N) is 4. The summed E-state index contributed by atoms with van der Waals surface area (Å²) in [6.45, 7) is 4.57. The highest BCUT2D eigenvalue weighted by atomic mass is 16.7. The van der Waals surface area contributed by atoms with E-state index in [2.05, 4.69) is 25.1 Å². The molecular formula is C25H21N5O7. The summed E-state index contributed by atoms with van der Waals surface area (Å²) in [5, 5.41) is 6.87. The van der Waals surface area contributed by atoms with Gasteiger partial charge in [-0.25, -0.2) is 19.3 Å². The van der Waals surface area contributed by atoms with Gasteiger partial charge >= 0.3 is 12.1 Å². The minimum atomic E-state index is -1.09. The Hall–Kier alpha value is -5.13. The Balaban J connectivity index is 1.50. The predicted molar refractivity (Wildman–Crippen MR) is 128 cm³/mol. The van der Waals surface area contributed by atoms with E-state index in [9.17, 15) is 19.2 Å². The van der Waals surface area contributed by atoms with Crippen molar-refractivity contribution in [2.45, 2.75) is 26.9 Å². The highest BCUT2D eigenvalue weighted by molar-refractivity contribution is 6.07. The molecule has 4 rings (SSSR count). The molecule has 0 radical (unpaired) electrons. The SMILES string of the molecule is CC(=O)c1nn(-c2ccc(C(=O)OC(=O)OC(C)C)cc2)cc1NC(=O)c1coc(-c2ccncc2)n1. The number of rotatable bonds is 7. The Labute approximate surface area is 210 Å². The van der Waals surface area contributed by atoms with Crippen LogP contribution >= 0.6 is 0 Å². The van der Waals surface area contributed by atoms with Crippen LogP contribution < -0.4 is 5.32 Å². The number of benzene rings is 1. The first kappa shape index (κ1) is 25.0. The molecule has 12 nitrogen and oxygen atoms in total. The van der Waals surface area contributed by atoms with Crippen LogP contribution in [0.25, 0.3) is 17.1 Å². The van der Waals surface area contributed by atoms with Crippen molar-refractivity contribution in [2.24, 2.45) is 0 Å². The Bertz CT molecular complexity index is 1460. The Kier molecular flexibility index (Phi) is 7.19. The van der Waals surface area contributed by atoms with Crippen molar-refractivity contribution in [1.29, 1.82) is 0 Å². The molecule has 3 heterocycles. The summed E-state index contributed by atoms with van der Waals surface area (Å²) < 4.78 is 16.2. The molecule has 3 aromatic heterocycles. The van der Waals surface area contributed by atoms with Crippen LogP contribution in [0.3, 0.4) is 0 Å². The zero-order valence-corrected chi connectivity index (χ0v) is 20.0.